The van der Waals surface area contributed by atoms with Gasteiger partial charge in [0.2, 0.25) is 0 Å². The molecule has 1 saturated heterocycles. The van der Waals surface area contributed by atoms with Crippen molar-refractivity contribution in [2.24, 2.45) is 0 Å². The summed E-state index contributed by atoms with van der Waals surface area (Å²) < 4.78 is 10.4. The molecule has 1 aromatic rings. The van der Waals surface area contributed by atoms with Gasteiger partial charge in [0, 0.05) is 19.2 Å². The minimum Gasteiger partial charge on any atom is -0.458 e. The van der Waals surface area contributed by atoms with E-state index in [9.17, 15) is 4.79 Å². The number of benzene rings is 1. The predicted molar refractivity (Wildman–Crippen MR) is 68.8 cm³/mol. The third-order valence-electron chi connectivity index (χ3n) is 2.71. The number of hydrogen-bond acceptors (Lipinski definition) is 4. The van der Waals surface area contributed by atoms with Crippen molar-refractivity contribution in [2.75, 3.05) is 37.8 Å². The highest BCUT2D eigenvalue weighted by Crippen LogP contribution is 2.21. The molecule has 1 heterocycles. The third-order valence-corrected chi connectivity index (χ3v) is 2.71. The fraction of sp³-hybridized carbons (Fsp3) is 0.357. The SMILES string of the molecule is C=CCOC(=O)c1ccc[c]c1N1CCOCC1. The van der Waals surface area contributed by atoms with E-state index in [1.54, 1.807) is 24.3 Å². The Balaban J connectivity index is 2.18. The van der Waals surface area contributed by atoms with Crippen molar-refractivity contribution in [3.63, 3.8) is 0 Å². The number of esters is 1. The van der Waals surface area contributed by atoms with Crippen LogP contribution in [0.1, 0.15) is 10.4 Å². The Bertz CT molecular complexity index is 425. The van der Waals surface area contributed by atoms with Crippen LogP contribution in [0, 0.1) is 6.07 Å². The van der Waals surface area contributed by atoms with Crippen molar-refractivity contribution in [2.45, 2.75) is 0 Å². The first-order chi connectivity index (χ1) is 8.83. The van der Waals surface area contributed by atoms with E-state index >= 15 is 0 Å². The topological polar surface area (TPSA) is 38.8 Å². The van der Waals surface area contributed by atoms with Crippen molar-refractivity contribution in [3.8, 4) is 0 Å². The lowest BCUT2D eigenvalue weighted by Crippen LogP contribution is -2.37. The summed E-state index contributed by atoms with van der Waals surface area (Å²) in [6, 6.07) is 8.45. The molecule has 0 bridgehead atoms. The number of para-hydroxylation sites is 1. The highest BCUT2D eigenvalue weighted by Gasteiger charge is 2.19. The Labute approximate surface area is 107 Å². The van der Waals surface area contributed by atoms with Crippen molar-refractivity contribution in [1.82, 2.24) is 0 Å². The fourth-order valence-electron chi connectivity index (χ4n) is 1.85. The van der Waals surface area contributed by atoms with E-state index in [-0.39, 0.29) is 12.6 Å². The molecule has 1 aromatic carbocycles. The Kier molecular flexibility index (Phi) is 4.36. The maximum atomic E-state index is 11.9. The Hall–Kier alpha value is -1.81. The first-order valence-corrected chi connectivity index (χ1v) is 5.94. The highest BCUT2D eigenvalue weighted by molar-refractivity contribution is 5.95. The minimum atomic E-state index is -0.340. The zero-order valence-corrected chi connectivity index (χ0v) is 10.2. The number of carbonyl (C=O) groups is 1. The molecule has 0 spiro atoms. The summed E-state index contributed by atoms with van der Waals surface area (Å²) in [6.45, 7) is 6.62. The van der Waals surface area contributed by atoms with Gasteiger partial charge in [-0.3, -0.25) is 0 Å². The maximum absolute atomic E-state index is 11.9. The quantitative estimate of drug-likeness (QED) is 0.598. The lowest BCUT2D eigenvalue weighted by Gasteiger charge is -2.29. The molecule has 0 atom stereocenters. The molecule has 0 unspecified atom stereocenters. The molecule has 1 aliphatic rings. The molecule has 0 aromatic heterocycles. The summed E-state index contributed by atoms with van der Waals surface area (Å²) >= 11 is 0. The number of nitrogens with zero attached hydrogens (tertiary/aromatic N) is 1. The van der Waals surface area contributed by atoms with Gasteiger partial charge in [-0.05, 0) is 6.07 Å². The number of ether oxygens (including phenoxy) is 2. The van der Waals surface area contributed by atoms with E-state index in [0.29, 0.717) is 18.8 Å². The second kappa shape index (κ2) is 6.21. The molecule has 95 valence electrons. The van der Waals surface area contributed by atoms with Gasteiger partial charge >= 0.3 is 5.97 Å². The average Bonchev–Trinajstić information content (AvgIpc) is 2.45. The zero-order valence-electron chi connectivity index (χ0n) is 10.2. The summed E-state index contributed by atoms with van der Waals surface area (Å²) in [5.74, 6) is -0.340. The Morgan fingerprint density at radius 1 is 1.56 bits per heavy atom. The molecular weight excluding hydrogens is 230 g/mol. The van der Waals surface area contributed by atoms with Gasteiger partial charge in [0.05, 0.1) is 24.5 Å². The summed E-state index contributed by atoms with van der Waals surface area (Å²) in [5, 5.41) is 0. The molecule has 0 saturated carbocycles. The molecule has 4 nitrogen and oxygen atoms in total. The van der Waals surface area contributed by atoms with Crippen molar-refractivity contribution < 1.29 is 14.3 Å². The van der Waals surface area contributed by atoms with Gasteiger partial charge in [0.1, 0.15) is 6.61 Å². The van der Waals surface area contributed by atoms with Crippen LogP contribution in [0.25, 0.3) is 0 Å². The number of rotatable bonds is 4. The number of hydrogen-bond donors (Lipinski definition) is 0. The molecule has 4 heteroatoms. The Morgan fingerprint density at radius 3 is 3.06 bits per heavy atom. The molecule has 18 heavy (non-hydrogen) atoms. The van der Waals surface area contributed by atoms with Crippen LogP contribution in [0.5, 0.6) is 0 Å². The minimum absolute atomic E-state index is 0.219. The van der Waals surface area contributed by atoms with E-state index in [4.69, 9.17) is 9.47 Å². The normalized spacial score (nSPS) is 15.2. The van der Waals surface area contributed by atoms with E-state index in [1.807, 2.05) is 0 Å². The first-order valence-electron chi connectivity index (χ1n) is 5.94. The lowest BCUT2D eigenvalue weighted by atomic mass is 10.1. The lowest BCUT2D eigenvalue weighted by molar-refractivity contribution is 0.0549. The van der Waals surface area contributed by atoms with E-state index in [1.165, 1.54) is 0 Å². The molecule has 0 aliphatic carbocycles. The van der Waals surface area contributed by atoms with Gasteiger partial charge < -0.3 is 14.4 Å². The van der Waals surface area contributed by atoms with E-state index < -0.39 is 0 Å². The van der Waals surface area contributed by atoms with Gasteiger partial charge in [-0.2, -0.15) is 0 Å². The van der Waals surface area contributed by atoms with Crippen molar-refractivity contribution >= 4 is 11.7 Å². The molecule has 1 aliphatic heterocycles. The molecule has 2 rings (SSSR count). The third kappa shape index (κ3) is 2.90. The van der Waals surface area contributed by atoms with E-state index in [2.05, 4.69) is 17.5 Å². The molecule has 1 fully saturated rings. The molecule has 0 N–H and O–H groups in total. The number of morpholine rings is 1. The van der Waals surface area contributed by atoms with E-state index in [0.717, 1.165) is 18.8 Å². The van der Waals surface area contributed by atoms with Gasteiger partial charge in [-0.1, -0.05) is 24.8 Å². The van der Waals surface area contributed by atoms with Gasteiger partial charge in [0.25, 0.3) is 0 Å². The van der Waals surface area contributed by atoms with Crippen LogP contribution in [0.3, 0.4) is 0 Å². The van der Waals surface area contributed by atoms with Crippen LogP contribution in [0.15, 0.2) is 30.9 Å². The van der Waals surface area contributed by atoms with Crippen LogP contribution >= 0.6 is 0 Å². The molecule has 1 radical (unpaired) electrons. The van der Waals surface area contributed by atoms with Gasteiger partial charge in [-0.15, -0.1) is 0 Å². The monoisotopic (exact) mass is 246 g/mol. The predicted octanol–water partition coefficient (Wildman–Crippen LogP) is 1.67. The largest absolute Gasteiger partial charge is 0.458 e. The average molecular weight is 246 g/mol. The Morgan fingerprint density at radius 2 is 2.33 bits per heavy atom. The van der Waals surface area contributed by atoms with Crippen LogP contribution in [-0.4, -0.2) is 38.9 Å². The zero-order chi connectivity index (χ0) is 12.8. The van der Waals surface area contributed by atoms with Crippen LogP contribution in [0.2, 0.25) is 0 Å². The van der Waals surface area contributed by atoms with Gasteiger partial charge in [0.15, 0.2) is 0 Å². The molecule has 0 amide bonds. The van der Waals surface area contributed by atoms with Crippen LogP contribution in [-0.2, 0) is 9.47 Å². The summed E-state index contributed by atoms with van der Waals surface area (Å²) in [7, 11) is 0. The summed E-state index contributed by atoms with van der Waals surface area (Å²) in [6.07, 6.45) is 1.55. The standard InChI is InChI=1S/C14H16NO3/c1-2-9-18-14(16)12-5-3-4-6-13(12)15-7-10-17-11-8-15/h2-5H,1,7-11H2. The highest BCUT2D eigenvalue weighted by atomic mass is 16.5. The first kappa shape index (κ1) is 12.6. The second-order valence-electron chi connectivity index (χ2n) is 3.92. The summed E-state index contributed by atoms with van der Waals surface area (Å²) in [4.78, 5) is 14.0. The van der Waals surface area contributed by atoms with Crippen molar-refractivity contribution in [1.29, 1.82) is 0 Å². The van der Waals surface area contributed by atoms with Crippen LogP contribution < -0.4 is 4.90 Å². The fourth-order valence-corrected chi connectivity index (χ4v) is 1.85. The maximum Gasteiger partial charge on any atom is 0.340 e. The number of carbonyl (C=O) groups excluding carboxylic acids is 1. The second-order valence-corrected chi connectivity index (χ2v) is 3.92. The van der Waals surface area contributed by atoms with Crippen LogP contribution in [0.4, 0.5) is 5.69 Å². The van der Waals surface area contributed by atoms with Gasteiger partial charge in [-0.25, -0.2) is 4.79 Å². The smallest absolute Gasteiger partial charge is 0.340 e. The number of anilines is 1. The van der Waals surface area contributed by atoms with Crippen molar-refractivity contribution in [3.05, 3.63) is 42.5 Å². The molecular formula is C14H16NO3. The summed E-state index contributed by atoms with van der Waals surface area (Å²) in [5.41, 5.74) is 1.33.